The molecule has 154 valence electrons. The van der Waals surface area contributed by atoms with Crippen LogP contribution in [0.4, 0.5) is 0 Å². The van der Waals surface area contributed by atoms with Crippen molar-refractivity contribution in [3.05, 3.63) is 130 Å². The topological polar surface area (TPSA) is 0 Å². The Balaban J connectivity index is 1.74. The maximum atomic E-state index is 2.28. The summed E-state index contributed by atoms with van der Waals surface area (Å²) in [6, 6.07) is 34.6. The molecule has 0 nitrogen and oxygen atoms in total. The summed E-state index contributed by atoms with van der Waals surface area (Å²) in [7, 11) is 0. The summed E-state index contributed by atoms with van der Waals surface area (Å²) in [4.78, 5) is 0. The van der Waals surface area contributed by atoms with Crippen molar-refractivity contribution in [2.75, 3.05) is 0 Å². The van der Waals surface area contributed by atoms with Gasteiger partial charge in [0.1, 0.15) is 0 Å². The van der Waals surface area contributed by atoms with E-state index >= 15 is 0 Å². The molecule has 0 aliphatic carbocycles. The van der Waals surface area contributed by atoms with Gasteiger partial charge in [-0.3, -0.25) is 0 Å². The van der Waals surface area contributed by atoms with Crippen LogP contribution < -0.4 is 0 Å². The first-order chi connectivity index (χ1) is 15.7. The molecule has 0 aliphatic heterocycles. The lowest BCUT2D eigenvalue weighted by Crippen LogP contribution is -1.89. The molecule has 0 unspecified atom stereocenters. The van der Waals surface area contributed by atoms with Gasteiger partial charge in [0.25, 0.3) is 0 Å². The van der Waals surface area contributed by atoms with Gasteiger partial charge in [0, 0.05) is 0 Å². The van der Waals surface area contributed by atoms with Crippen LogP contribution in [0.2, 0.25) is 0 Å². The molecule has 32 heavy (non-hydrogen) atoms. The first-order valence-corrected chi connectivity index (χ1v) is 11.1. The average Bonchev–Trinajstić information content (AvgIpc) is 2.83. The summed E-state index contributed by atoms with van der Waals surface area (Å²) in [5.74, 6) is 0. The maximum Gasteiger partial charge on any atom is -0.00987 e. The lowest BCUT2D eigenvalue weighted by molar-refractivity contribution is 1.45. The second-order valence-corrected chi connectivity index (χ2v) is 8.30. The molecule has 0 saturated heterocycles. The Bertz CT molecular complexity index is 1310. The van der Waals surface area contributed by atoms with Crippen molar-refractivity contribution in [3.8, 4) is 0 Å². The highest BCUT2D eigenvalue weighted by Gasteiger charge is 2.10. The Labute approximate surface area is 190 Å². The van der Waals surface area contributed by atoms with Crippen LogP contribution in [0, 0.1) is 13.8 Å². The van der Waals surface area contributed by atoms with Gasteiger partial charge < -0.3 is 0 Å². The van der Waals surface area contributed by atoms with Crippen molar-refractivity contribution >= 4 is 45.8 Å². The molecule has 5 rings (SSSR count). The van der Waals surface area contributed by atoms with E-state index in [2.05, 4.69) is 135 Å². The Morgan fingerprint density at radius 3 is 1.03 bits per heavy atom. The highest BCUT2D eigenvalue weighted by Crippen LogP contribution is 2.35. The molecular formula is C32H26. The largest absolute Gasteiger partial charge is 0.0620 e. The van der Waals surface area contributed by atoms with E-state index in [4.69, 9.17) is 0 Å². The molecule has 0 radical (unpaired) electrons. The predicted molar refractivity (Wildman–Crippen MR) is 142 cm³/mol. The summed E-state index contributed by atoms with van der Waals surface area (Å²) in [5.41, 5.74) is 7.62. The second-order valence-electron chi connectivity index (χ2n) is 8.30. The van der Waals surface area contributed by atoms with Crippen LogP contribution in [0.25, 0.3) is 45.8 Å². The minimum atomic E-state index is 1.25. The zero-order valence-electron chi connectivity index (χ0n) is 18.5. The highest BCUT2D eigenvalue weighted by molar-refractivity contribution is 6.14. The van der Waals surface area contributed by atoms with Gasteiger partial charge in [-0.1, -0.05) is 121 Å². The number of fused-ring (bicyclic) bond motifs is 2. The number of benzene rings is 5. The van der Waals surface area contributed by atoms with Crippen molar-refractivity contribution in [1.82, 2.24) is 0 Å². The fourth-order valence-corrected chi connectivity index (χ4v) is 4.45. The standard InChI is InChI=1S/C32H26/c1-23-11-3-5-13-25(23)19-21-31-27-15-7-9-17-29(27)32(30-18-10-8-16-28(30)31)22-20-26-14-6-4-12-24(26)2/h3-22H,1-2H3/b21-19+,22-20+. The quantitative estimate of drug-likeness (QED) is 0.205. The van der Waals surface area contributed by atoms with Crippen LogP contribution in [-0.2, 0) is 0 Å². The summed E-state index contributed by atoms with van der Waals surface area (Å²) in [6.07, 6.45) is 9.04. The van der Waals surface area contributed by atoms with Gasteiger partial charge in [0.15, 0.2) is 0 Å². The zero-order chi connectivity index (χ0) is 21.9. The third-order valence-corrected chi connectivity index (χ3v) is 6.25. The number of hydrogen-bond donors (Lipinski definition) is 0. The summed E-state index contributed by atoms with van der Waals surface area (Å²) in [6.45, 7) is 4.32. The molecule has 0 heterocycles. The van der Waals surface area contributed by atoms with Gasteiger partial charge in [0.05, 0.1) is 0 Å². The SMILES string of the molecule is Cc1ccccc1/C=C/c1c2ccccc2c(/C=C/c2ccccc2C)c2ccccc12. The van der Waals surface area contributed by atoms with Crippen LogP contribution in [0.3, 0.4) is 0 Å². The normalized spacial score (nSPS) is 11.8. The Morgan fingerprint density at radius 1 is 0.375 bits per heavy atom. The molecule has 5 aromatic carbocycles. The second kappa shape index (κ2) is 8.69. The summed E-state index contributed by atoms with van der Waals surface area (Å²) >= 11 is 0. The first-order valence-electron chi connectivity index (χ1n) is 11.1. The molecular weight excluding hydrogens is 384 g/mol. The van der Waals surface area contributed by atoms with Gasteiger partial charge in [-0.15, -0.1) is 0 Å². The van der Waals surface area contributed by atoms with Gasteiger partial charge in [-0.2, -0.15) is 0 Å². The van der Waals surface area contributed by atoms with E-state index in [1.165, 1.54) is 54.9 Å². The van der Waals surface area contributed by atoms with Crippen LogP contribution in [0.15, 0.2) is 97.1 Å². The molecule has 0 aromatic heterocycles. The molecule has 0 atom stereocenters. The van der Waals surface area contributed by atoms with Gasteiger partial charge in [0.2, 0.25) is 0 Å². The molecule has 0 aliphatic rings. The molecule has 5 aromatic rings. The van der Waals surface area contributed by atoms with E-state index in [9.17, 15) is 0 Å². The molecule has 0 bridgehead atoms. The van der Waals surface area contributed by atoms with Crippen molar-refractivity contribution in [1.29, 1.82) is 0 Å². The summed E-state index contributed by atoms with van der Waals surface area (Å²) < 4.78 is 0. The molecule has 0 amide bonds. The number of hydrogen-bond acceptors (Lipinski definition) is 0. The van der Waals surface area contributed by atoms with E-state index in [1.807, 2.05) is 0 Å². The minimum Gasteiger partial charge on any atom is -0.0620 e. The minimum absolute atomic E-state index is 1.25. The van der Waals surface area contributed by atoms with Crippen LogP contribution >= 0.6 is 0 Å². The van der Waals surface area contributed by atoms with Crippen molar-refractivity contribution in [2.45, 2.75) is 13.8 Å². The molecule has 0 saturated carbocycles. The Morgan fingerprint density at radius 2 is 0.688 bits per heavy atom. The lowest BCUT2D eigenvalue weighted by atomic mass is 9.90. The maximum absolute atomic E-state index is 2.28. The van der Waals surface area contributed by atoms with E-state index in [0.29, 0.717) is 0 Å². The third kappa shape index (κ3) is 3.76. The van der Waals surface area contributed by atoms with Gasteiger partial charge >= 0.3 is 0 Å². The monoisotopic (exact) mass is 410 g/mol. The van der Waals surface area contributed by atoms with Crippen LogP contribution in [0.1, 0.15) is 33.4 Å². The molecule has 0 N–H and O–H groups in total. The Kier molecular flexibility index (Phi) is 5.44. The zero-order valence-corrected chi connectivity index (χ0v) is 18.5. The van der Waals surface area contributed by atoms with Crippen molar-refractivity contribution < 1.29 is 0 Å². The van der Waals surface area contributed by atoms with Gasteiger partial charge in [-0.25, -0.2) is 0 Å². The van der Waals surface area contributed by atoms with Crippen LogP contribution in [0.5, 0.6) is 0 Å². The predicted octanol–water partition coefficient (Wildman–Crippen LogP) is 8.95. The fraction of sp³-hybridized carbons (Fsp3) is 0.0625. The van der Waals surface area contributed by atoms with E-state index in [0.717, 1.165) is 0 Å². The van der Waals surface area contributed by atoms with E-state index in [-0.39, 0.29) is 0 Å². The first kappa shape index (κ1) is 20.0. The highest BCUT2D eigenvalue weighted by atomic mass is 14.1. The van der Waals surface area contributed by atoms with E-state index in [1.54, 1.807) is 0 Å². The Hall–Kier alpha value is -3.90. The smallest absolute Gasteiger partial charge is 0.00987 e. The van der Waals surface area contributed by atoms with Crippen LogP contribution in [-0.4, -0.2) is 0 Å². The van der Waals surface area contributed by atoms with Crippen molar-refractivity contribution in [3.63, 3.8) is 0 Å². The average molecular weight is 411 g/mol. The fourth-order valence-electron chi connectivity index (χ4n) is 4.45. The third-order valence-electron chi connectivity index (χ3n) is 6.25. The molecule has 0 heteroatoms. The van der Waals surface area contributed by atoms with Crippen molar-refractivity contribution in [2.24, 2.45) is 0 Å². The summed E-state index contributed by atoms with van der Waals surface area (Å²) in [5, 5.41) is 5.11. The lowest BCUT2D eigenvalue weighted by Gasteiger charge is -2.13. The number of aryl methyl sites for hydroxylation is 2. The van der Waals surface area contributed by atoms with Gasteiger partial charge in [-0.05, 0) is 68.8 Å². The van der Waals surface area contributed by atoms with E-state index < -0.39 is 0 Å². The molecule has 0 fully saturated rings. The number of rotatable bonds is 4. The molecule has 0 spiro atoms.